The van der Waals surface area contributed by atoms with Crippen LogP contribution in [0.15, 0.2) is 16.6 Å². The molecule has 0 bridgehead atoms. The van der Waals surface area contributed by atoms with E-state index in [-0.39, 0.29) is 0 Å². The molecule has 0 aromatic rings. The lowest BCUT2D eigenvalue weighted by molar-refractivity contribution is 0.319. The highest BCUT2D eigenvalue weighted by molar-refractivity contribution is 5.75. The van der Waals surface area contributed by atoms with Crippen molar-refractivity contribution in [1.82, 2.24) is 0 Å². The summed E-state index contributed by atoms with van der Waals surface area (Å²) in [6.45, 7) is 3.36. The van der Waals surface area contributed by atoms with Crippen LogP contribution in [0, 0.1) is 11.8 Å². The molecule has 66 valence electrons. The van der Waals surface area contributed by atoms with Crippen LogP contribution in [0.1, 0.15) is 32.6 Å². The third-order valence-electron chi connectivity index (χ3n) is 3.21. The van der Waals surface area contributed by atoms with Crippen molar-refractivity contribution in [3.05, 3.63) is 11.6 Å². The van der Waals surface area contributed by atoms with Gasteiger partial charge in [0.15, 0.2) is 0 Å². The van der Waals surface area contributed by atoms with E-state index >= 15 is 0 Å². The van der Waals surface area contributed by atoms with Crippen LogP contribution >= 0.6 is 0 Å². The Balaban J connectivity index is 1.90. The molecule has 0 radical (unpaired) electrons. The van der Waals surface area contributed by atoms with E-state index in [4.69, 9.17) is 0 Å². The fraction of sp³-hybridized carbons (Fsp3) is 0.727. The average molecular weight is 163 g/mol. The number of aliphatic imine (C=N–C) groups is 1. The first kappa shape index (κ1) is 8.03. The summed E-state index contributed by atoms with van der Waals surface area (Å²) < 4.78 is 0. The van der Waals surface area contributed by atoms with Crippen LogP contribution in [0.4, 0.5) is 0 Å². The second kappa shape index (κ2) is 3.42. The summed E-state index contributed by atoms with van der Waals surface area (Å²) in [4.78, 5) is 4.24. The Labute approximate surface area is 74.6 Å². The van der Waals surface area contributed by atoms with Crippen molar-refractivity contribution in [3.63, 3.8) is 0 Å². The van der Waals surface area contributed by atoms with Gasteiger partial charge in [-0.2, -0.15) is 0 Å². The van der Waals surface area contributed by atoms with Crippen molar-refractivity contribution in [2.24, 2.45) is 16.8 Å². The summed E-state index contributed by atoms with van der Waals surface area (Å²) in [5.41, 5.74) is 1.59. The van der Waals surface area contributed by atoms with E-state index in [1.807, 2.05) is 6.21 Å². The molecule has 1 aliphatic heterocycles. The second-order valence-corrected chi connectivity index (χ2v) is 4.19. The molecule has 0 N–H and O–H groups in total. The van der Waals surface area contributed by atoms with E-state index < -0.39 is 0 Å². The molecule has 0 amide bonds. The minimum absolute atomic E-state index is 0.865. The fourth-order valence-electron chi connectivity index (χ4n) is 2.26. The lowest BCUT2D eigenvalue weighted by Crippen LogP contribution is -2.14. The Kier molecular flexibility index (Phi) is 2.29. The molecular formula is C11H17N. The average Bonchev–Trinajstić information content (AvgIpc) is 2.58. The van der Waals surface area contributed by atoms with Crippen LogP contribution in [0.3, 0.4) is 0 Å². The van der Waals surface area contributed by atoms with Gasteiger partial charge in [0.05, 0.1) is 6.54 Å². The van der Waals surface area contributed by atoms with E-state index in [1.165, 1.54) is 25.7 Å². The van der Waals surface area contributed by atoms with Crippen molar-refractivity contribution in [1.29, 1.82) is 0 Å². The monoisotopic (exact) mass is 163 g/mol. The minimum atomic E-state index is 0.865. The molecule has 1 nitrogen and oxygen atoms in total. The van der Waals surface area contributed by atoms with E-state index in [0.717, 1.165) is 18.4 Å². The third-order valence-corrected chi connectivity index (χ3v) is 3.21. The summed E-state index contributed by atoms with van der Waals surface area (Å²) >= 11 is 0. The molecular weight excluding hydrogens is 146 g/mol. The van der Waals surface area contributed by atoms with Gasteiger partial charge in [-0.1, -0.05) is 19.8 Å². The summed E-state index contributed by atoms with van der Waals surface area (Å²) in [6, 6.07) is 0. The lowest BCUT2D eigenvalue weighted by atomic mass is 9.79. The number of nitrogens with zero attached hydrogens (tertiary/aromatic N) is 1. The van der Waals surface area contributed by atoms with E-state index in [2.05, 4.69) is 18.0 Å². The van der Waals surface area contributed by atoms with Crippen LogP contribution in [-0.4, -0.2) is 12.8 Å². The molecule has 1 heterocycles. The number of hydrogen-bond donors (Lipinski definition) is 0. The molecule has 0 saturated heterocycles. The molecule has 1 heteroatoms. The van der Waals surface area contributed by atoms with Crippen LogP contribution in [0.25, 0.3) is 0 Å². The quantitative estimate of drug-likeness (QED) is 0.563. The number of allylic oxidation sites excluding steroid dienone is 1. The van der Waals surface area contributed by atoms with Crippen LogP contribution in [0.2, 0.25) is 0 Å². The Morgan fingerprint density at radius 1 is 1.25 bits per heavy atom. The zero-order valence-electron chi connectivity index (χ0n) is 7.79. The van der Waals surface area contributed by atoms with Crippen LogP contribution < -0.4 is 0 Å². The SMILES string of the molecule is CC1CCC(C2=CC=NC2)CC1. The predicted molar refractivity (Wildman–Crippen MR) is 52.6 cm³/mol. The lowest BCUT2D eigenvalue weighted by Gasteiger charge is -2.26. The zero-order chi connectivity index (χ0) is 8.39. The Bertz CT molecular complexity index is 207. The number of hydrogen-bond acceptors (Lipinski definition) is 1. The molecule has 2 rings (SSSR count). The molecule has 12 heavy (non-hydrogen) atoms. The maximum Gasteiger partial charge on any atom is 0.0605 e. The van der Waals surface area contributed by atoms with Gasteiger partial charge in [-0.15, -0.1) is 0 Å². The Hall–Kier alpha value is -0.590. The zero-order valence-corrected chi connectivity index (χ0v) is 7.79. The van der Waals surface area contributed by atoms with Crippen molar-refractivity contribution in [2.75, 3.05) is 6.54 Å². The summed E-state index contributed by atoms with van der Waals surface area (Å²) in [5.74, 6) is 1.83. The highest BCUT2D eigenvalue weighted by Crippen LogP contribution is 2.33. The summed E-state index contributed by atoms with van der Waals surface area (Å²) in [6.07, 6.45) is 9.82. The predicted octanol–water partition coefficient (Wildman–Crippen LogP) is 2.82. The normalized spacial score (nSPS) is 35.2. The van der Waals surface area contributed by atoms with Gasteiger partial charge in [0, 0.05) is 6.21 Å². The van der Waals surface area contributed by atoms with E-state index in [1.54, 1.807) is 5.57 Å². The van der Waals surface area contributed by atoms with Crippen molar-refractivity contribution in [2.45, 2.75) is 32.6 Å². The Morgan fingerprint density at radius 2 is 2.00 bits per heavy atom. The fourth-order valence-corrected chi connectivity index (χ4v) is 2.26. The highest BCUT2D eigenvalue weighted by atomic mass is 14.7. The van der Waals surface area contributed by atoms with Gasteiger partial charge in [-0.25, -0.2) is 0 Å². The van der Waals surface area contributed by atoms with Gasteiger partial charge in [-0.3, -0.25) is 4.99 Å². The highest BCUT2D eigenvalue weighted by Gasteiger charge is 2.21. The Morgan fingerprint density at radius 3 is 2.58 bits per heavy atom. The second-order valence-electron chi connectivity index (χ2n) is 4.19. The van der Waals surface area contributed by atoms with Gasteiger partial charge in [0.1, 0.15) is 0 Å². The van der Waals surface area contributed by atoms with Gasteiger partial charge in [-0.05, 0) is 36.3 Å². The molecule has 0 unspecified atom stereocenters. The molecule has 2 aliphatic rings. The third kappa shape index (κ3) is 1.60. The molecule has 1 aliphatic carbocycles. The van der Waals surface area contributed by atoms with Crippen molar-refractivity contribution in [3.8, 4) is 0 Å². The first-order valence-corrected chi connectivity index (χ1v) is 5.05. The smallest absolute Gasteiger partial charge is 0.0605 e. The van der Waals surface area contributed by atoms with Gasteiger partial charge in [0.25, 0.3) is 0 Å². The largest absolute Gasteiger partial charge is 0.289 e. The van der Waals surface area contributed by atoms with E-state index in [9.17, 15) is 0 Å². The molecule has 0 aromatic heterocycles. The first-order chi connectivity index (χ1) is 5.86. The summed E-state index contributed by atoms with van der Waals surface area (Å²) in [7, 11) is 0. The maximum atomic E-state index is 4.24. The molecule has 1 fully saturated rings. The standard InChI is InChI=1S/C11H17N/c1-9-2-4-10(5-3-9)11-6-7-12-8-11/h6-7,9-10H,2-5,8H2,1H3. The maximum absolute atomic E-state index is 4.24. The van der Waals surface area contributed by atoms with Crippen LogP contribution in [0.5, 0.6) is 0 Å². The van der Waals surface area contributed by atoms with Gasteiger partial charge < -0.3 is 0 Å². The molecule has 0 spiro atoms. The minimum Gasteiger partial charge on any atom is -0.289 e. The topological polar surface area (TPSA) is 12.4 Å². The molecule has 1 saturated carbocycles. The van der Waals surface area contributed by atoms with Crippen LogP contribution in [-0.2, 0) is 0 Å². The van der Waals surface area contributed by atoms with Gasteiger partial charge in [0.2, 0.25) is 0 Å². The molecule has 0 atom stereocenters. The molecule has 0 aromatic carbocycles. The van der Waals surface area contributed by atoms with E-state index in [0.29, 0.717) is 0 Å². The van der Waals surface area contributed by atoms with Crippen molar-refractivity contribution < 1.29 is 0 Å². The number of rotatable bonds is 1. The van der Waals surface area contributed by atoms with Gasteiger partial charge >= 0.3 is 0 Å². The first-order valence-electron chi connectivity index (χ1n) is 5.05. The van der Waals surface area contributed by atoms with Crippen molar-refractivity contribution >= 4 is 6.21 Å². The summed E-state index contributed by atoms with van der Waals surface area (Å²) in [5, 5.41) is 0.